The number of hydrogen-bond acceptors (Lipinski definition) is 1. The molecule has 10 rings (SSSR count). The Labute approximate surface area is 263 Å². The third-order valence-corrected chi connectivity index (χ3v) is 10.3. The van der Waals surface area contributed by atoms with Gasteiger partial charge in [-0.15, -0.1) is 11.3 Å². The van der Waals surface area contributed by atoms with E-state index in [9.17, 15) is 0 Å². The maximum atomic E-state index is 3.56. The van der Waals surface area contributed by atoms with Crippen molar-refractivity contribution in [3.05, 3.63) is 158 Å². The molecule has 10 aromatic rings. The largest absolute Gasteiger partial charge is 0.308 e. The maximum Gasteiger partial charge on any atom is 0.105 e. The van der Waals surface area contributed by atoms with Crippen LogP contribution in [-0.4, -0.2) is 9.13 Å². The molecule has 0 unspecified atom stereocenters. The molecule has 3 heterocycles. The number of fused-ring (bicyclic) bond motifs is 9. The van der Waals surface area contributed by atoms with Crippen LogP contribution in [0.3, 0.4) is 0 Å². The van der Waals surface area contributed by atoms with Crippen molar-refractivity contribution in [1.82, 2.24) is 9.13 Å². The van der Waals surface area contributed by atoms with Gasteiger partial charge in [0.05, 0.1) is 26.9 Å². The van der Waals surface area contributed by atoms with Crippen molar-refractivity contribution in [2.75, 3.05) is 0 Å². The molecule has 0 aliphatic rings. The van der Waals surface area contributed by atoms with Crippen LogP contribution in [0, 0.1) is 12.1 Å². The highest BCUT2D eigenvalue weighted by molar-refractivity contribution is 7.26. The molecule has 0 atom stereocenters. The summed E-state index contributed by atoms with van der Waals surface area (Å²) in [7, 11) is 0. The Morgan fingerprint density at radius 1 is 0.444 bits per heavy atom. The summed E-state index contributed by atoms with van der Waals surface area (Å²) >= 11 is 1.87. The van der Waals surface area contributed by atoms with Gasteiger partial charge < -0.3 is 9.13 Å². The van der Waals surface area contributed by atoms with E-state index in [4.69, 9.17) is 0 Å². The van der Waals surface area contributed by atoms with Gasteiger partial charge in [0, 0.05) is 48.3 Å². The molecule has 45 heavy (non-hydrogen) atoms. The Bertz CT molecular complexity index is 2760. The minimum absolute atomic E-state index is 1.04. The van der Waals surface area contributed by atoms with Gasteiger partial charge in [-0.05, 0) is 66.2 Å². The molecule has 3 aromatic heterocycles. The van der Waals surface area contributed by atoms with Crippen molar-refractivity contribution >= 4 is 75.1 Å². The van der Waals surface area contributed by atoms with Crippen molar-refractivity contribution < 1.29 is 0 Å². The molecule has 0 radical (unpaired) electrons. The van der Waals surface area contributed by atoms with Crippen molar-refractivity contribution in [3.8, 4) is 22.5 Å². The van der Waals surface area contributed by atoms with E-state index in [0.717, 1.165) is 22.3 Å². The number of hydrogen-bond donors (Lipinski definition) is 0. The van der Waals surface area contributed by atoms with Crippen molar-refractivity contribution in [2.24, 2.45) is 0 Å². The molecule has 0 fully saturated rings. The Balaban J connectivity index is 1.20. The molecule has 7 aromatic carbocycles. The minimum Gasteiger partial charge on any atom is -0.308 e. The van der Waals surface area contributed by atoms with Gasteiger partial charge in [0.15, 0.2) is 0 Å². The molecule has 0 N–H and O–H groups in total. The van der Waals surface area contributed by atoms with Gasteiger partial charge >= 0.3 is 0 Å². The lowest BCUT2D eigenvalue weighted by Gasteiger charge is -2.09. The predicted octanol–water partition coefficient (Wildman–Crippen LogP) is 11.5. The van der Waals surface area contributed by atoms with Crippen molar-refractivity contribution in [3.63, 3.8) is 0 Å². The van der Waals surface area contributed by atoms with E-state index in [2.05, 4.69) is 167 Å². The van der Waals surface area contributed by atoms with Crippen LogP contribution in [0.25, 0.3) is 86.3 Å². The third kappa shape index (κ3) is 3.52. The Morgan fingerprint density at radius 3 is 1.96 bits per heavy atom. The second-order valence-corrected chi connectivity index (χ2v) is 12.6. The molecule has 208 valence electrons. The zero-order valence-corrected chi connectivity index (χ0v) is 25.0. The molecule has 3 heteroatoms. The first-order chi connectivity index (χ1) is 22.3. The molecular weight excluding hydrogens is 565 g/mol. The highest BCUT2D eigenvalue weighted by Gasteiger charge is 2.18. The number of thiophene rings is 1. The molecular formula is C42H24N2S. The van der Waals surface area contributed by atoms with E-state index < -0.39 is 0 Å². The summed E-state index contributed by atoms with van der Waals surface area (Å²) in [6, 6.07) is 59.6. The second-order valence-electron chi connectivity index (χ2n) is 11.6. The monoisotopic (exact) mass is 588 g/mol. The zero-order chi connectivity index (χ0) is 29.5. The van der Waals surface area contributed by atoms with Gasteiger partial charge in [-0.1, -0.05) is 97.1 Å². The first-order valence-corrected chi connectivity index (χ1v) is 16.0. The molecule has 0 aliphatic carbocycles. The smallest absolute Gasteiger partial charge is 0.105 e. The van der Waals surface area contributed by atoms with E-state index in [1.807, 2.05) is 11.3 Å². The molecule has 2 nitrogen and oxygen atoms in total. The number of rotatable bonds is 3. The number of para-hydroxylation sites is 3. The average Bonchev–Trinajstić information content (AvgIpc) is 3.76. The summed E-state index contributed by atoms with van der Waals surface area (Å²) in [4.78, 5) is 0. The maximum absolute atomic E-state index is 3.56. The number of aromatic nitrogens is 2. The van der Waals surface area contributed by atoms with Crippen LogP contribution in [0.4, 0.5) is 0 Å². The lowest BCUT2D eigenvalue weighted by atomic mass is 10.0. The summed E-state index contributed by atoms with van der Waals surface area (Å²) in [5.74, 6) is 0. The Morgan fingerprint density at radius 2 is 1.11 bits per heavy atom. The van der Waals surface area contributed by atoms with Crippen molar-refractivity contribution in [2.45, 2.75) is 0 Å². The van der Waals surface area contributed by atoms with Crippen LogP contribution in [0.5, 0.6) is 0 Å². The van der Waals surface area contributed by atoms with Gasteiger partial charge in [-0.25, -0.2) is 0 Å². The second kappa shape index (κ2) is 9.34. The first kappa shape index (κ1) is 24.6. The van der Waals surface area contributed by atoms with Crippen molar-refractivity contribution in [1.29, 1.82) is 0 Å². The number of benzene rings is 6. The molecule has 0 saturated heterocycles. The Hall–Kier alpha value is -5.82. The Kier molecular flexibility index (Phi) is 5.11. The summed E-state index contributed by atoms with van der Waals surface area (Å²) < 4.78 is 7.36. The standard InChI is InChI=1S/C42H24N2S/c1-2-11-29(12-3-1)43-36-17-7-4-13-30(36)34-25-27(21-23-38(34)43)28-22-24-39-35(26-28)31-14-5-8-18-37(31)44(39)40-19-10-16-33-32-15-6-9-20-41(32)45-42(33)40/h1-20,22,24-26H. The number of nitrogens with zero attached hydrogens (tertiary/aromatic N) is 2. The fourth-order valence-corrected chi connectivity index (χ4v) is 8.36. The van der Waals surface area contributed by atoms with Crippen LogP contribution in [0.1, 0.15) is 0 Å². The highest BCUT2D eigenvalue weighted by Crippen LogP contribution is 2.42. The highest BCUT2D eigenvalue weighted by atomic mass is 32.1. The van der Waals surface area contributed by atoms with Crippen LogP contribution < -0.4 is 0 Å². The SMILES string of the molecule is c1c(-c2ccc3c(c2)c2ccccc2n3-c2cccc3c2sc2ccccc23)cc2c3ccccc3n(-c3ccccc3)c2c#1. The molecule has 0 aliphatic heterocycles. The summed E-state index contributed by atoms with van der Waals surface area (Å²) in [5, 5.41) is 7.51. The first-order valence-electron chi connectivity index (χ1n) is 15.2. The van der Waals surface area contributed by atoms with Gasteiger partial charge in [0.2, 0.25) is 0 Å². The summed E-state index contributed by atoms with van der Waals surface area (Å²) in [5.41, 5.74) is 9.17. The average molecular weight is 589 g/mol. The van der Waals surface area contributed by atoms with Gasteiger partial charge in [0.1, 0.15) is 5.52 Å². The van der Waals surface area contributed by atoms with Crippen LogP contribution in [0.2, 0.25) is 0 Å². The van der Waals surface area contributed by atoms with E-state index >= 15 is 0 Å². The molecule has 0 spiro atoms. The zero-order valence-electron chi connectivity index (χ0n) is 24.2. The third-order valence-electron chi connectivity index (χ3n) is 9.14. The molecule has 0 bridgehead atoms. The lowest BCUT2D eigenvalue weighted by molar-refractivity contribution is 1.18. The lowest BCUT2D eigenvalue weighted by Crippen LogP contribution is -1.93. The molecule has 0 saturated carbocycles. The fraction of sp³-hybridized carbons (Fsp3) is 0. The normalized spacial score (nSPS) is 11.8. The minimum atomic E-state index is 1.04. The van der Waals surface area contributed by atoms with E-state index in [-0.39, 0.29) is 0 Å². The van der Waals surface area contributed by atoms with E-state index in [0.29, 0.717) is 0 Å². The van der Waals surface area contributed by atoms with E-state index in [1.165, 1.54) is 64.0 Å². The van der Waals surface area contributed by atoms with Crippen LogP contribution >= 0.6 is 11.3 Å². The van der Waals surface area contributed by atoms with Gasteiger partial charge in [-0.2, -0.15) is 0 Å². The van der Waals surface area contributed by atoms with Gasteiger partial charge in [-0.3, -0.25) is 0 Å². The summed E-state index contributed by atoms with van der Waals surface area (Å²) in [6.07, 6.45) is 0. The topological polar surface area (TPSA) is 9.86 Å². The van der Waals surface area contributed by atoms with Gasteiger partial charge in [0.25, 0.3) is 0 Å². The predicted molar refractivity (Wildman–Crippen MR) is 191 cm³/mol. The molecule has 0 amide bonds. The van der Waals surface area contributed by atoms with E-state index in [1.54, 1.807) is 0 Å². The fourth-order valence-electron chi connectivity index (χ4n) is 7.15. The quantitative estimate of drug-likeness (QED) is 0.194. The summed E-state index contributed by atoms with van der Waals surface area (Å²) in [6.45, 7) is 0. The van der Waals surface area contributed by atoms with Crippen LogP contribution in [0.15, 0.2) is 146 Å². The van der Waals surface area contributed by atoms with Crippen LogP contribution in [-0.2, 0) is 0 Å².